The zero-order chi connectivity index (χ0) is 20.7. The Kier molecular flexibility index (Phi) is 5.14. The zero-order valence-corrected chi connectivity index (χ0v) is 17.3. The van der Waals surface area contributed by atoms with Gasteiger partial charge in [0.05, 0.1) is 23.2 Å². The van der Waals surface area contributed by atoms with Crippen molar-refractivity contribution in [3.05, 3.63) is 29.8 Å². The molecule has 1 aliphatic rings. The van der Waals surface area contributed by atoms with Gasteiger partial charge in [-0.1, -0.05) is 12.1 Å². The molecule has 0 unspecified atom stereocenters. The molecule has 0 aliphatic carbocycles. The van der Waals surface area contributed by atoms with Gasteiger partial charge in [0.25, 0.3) is 0 Å². The number of rotatable bonds is 3. The van der Waals surface area contributed by atoms with Gasteiger partial charge in [0.15, 0.2) is 0 Å². The largest absolute Gasteiger partial charge is 0.444 e. The predicted molar refractivity (Wildman–Crippen MR) is 111 cm³/mol. The minimum atomic E-state index is -0.889. The van der Waals surface area contributed by atoms with Crippen molar-refractivity contribution < 1.29 is 14.6 Å². The van der Waals surface area contributed by atoms with Crippen LogP contribution in [-0.2, 0) is 11.3 Å². The Hall–Kier alpha value is -2.54. The van der Waals surface area contributed by atoms with E-state index in [2.05, 4.69) is 11.1 Å². The van der Waals surface area contributed by atoms with Crippen molar-refractivity contribution in [3.63, 3.8) is 0 Å². The number of imidazole rings is 1. The summed E-state index contributed by atoms with van der Waals surface area (Å²) < 4.78 is 7.32. The second kappa shape index (κ2) is 7.13. The van der Waals surface area contributed by atoms with Gasteiger partial charge in [0.1, 0.15) is 5.60 Å². The molecule has 1 aromatic heterocycles. The van der Waals surface area contributed by atoms with E-state index >= 15 is 0 Å². The van der Waals surface area contributed by atoms with Gasteiger partial charge in [0.2, 0.25) is 5.95 Å². The lowest BCUT2D eigenvalue weighted by Crippen LogP contribution is -2.39. The summed E-state index contributed by atoms with van der Waals surface area (Å²) in [5, 5.41) is 10.1. The molecule has 1 aromatic carbocycles. The predicted octanol–water partition coefficient (Wildman–Crippen LogP) is 3.41. The van der Waals surface area contributed by atoms with Crippen LogP contribution in [0.1, 0.15) is 46.6 Å². The van der Waals surface area contributed by atoms with E-state index in [9.17, 15) is 9.90 Å². The molecule has 0 saturated carbocycles. The number of amides is 1. The average molecular weight is 386 g/mol. The first-order chi connectivity index (χ1) is 12.9. The van der Waals surface area contributed by atoms with Crippen molar-refractivity contribution in [1.29, 1.82) is 0 Å². The molecular weight excluding hydrogens is 356 g/mol. The van der Waals surface area contributed by atoms with Crippen molar-refractivity contribution >= 4 is 28.6 Å². The number of hydrogen-bond donors (Lipinski definition) is 2. The summed E-state index contributed by atoms with van der Waals surface area (Å²) in [7, 11) is 0. The molecule has 3 rings (SSSR count). The summed E-state index contributed by atoms with van der Waals surface area (Å²) in [6, 6.07) is 5.96. The first-order valence-electron chi connectivity index (χ1n) is 9.58. The highest BCUT2D eigenvalue weighted by molar-refractivity contribution is 5.84. The summed E-state index contributed by atoms with van der Waals surface area (Å²) in [4.78, 5) is 18.6. The van der Waals surface area contributed by atoms with E-state index in [1.165, 1.54) is 0 Å². The van der Waals surface area contributed by atoms with Gasteiger partial charge in [-0.2, -0.15) is 0 Å². The lowest BCUT2D eigenvalue weighted by Gasteiger charge is -2.30. The van der Waals surface area contributed by atoms with E-state index in [-0.39, 0.29) is 6.09 Å². The molecule has 3 N–H and O–H groups in total. The number of aromatic nitrogens is 2. The quantitative estimate of drug-likeness (QED) is 0.843. The summed E-state index contributed by atoms with van der Waals surface area (Å²) >= 11 is 0. The van der Waals surface area contributed by atoms with Crippen LogP contribution in [0.5, 0.6) is 0 Å². The molecule has 28 heavy (non-hydrogen) atoms. The standard InChI is InChI=1S/C21H30N4O3/c1-20(2,3)28-19(26)24-10-6-7-15(12-24)14-8-9-17-16(11-14)23-18(22)25(17)13-21(4,5)27/h7-9,11,27H,6,10,12-13H2,1-5H3,(H2,22,23). The summed E-state index contributed by atoms with van der Waals surface area (Å²) in [5.41, 5.74) is 8.39. The number of anilines is 1. The Morgan fingerprint density at radius 2 is 2.00 bits per heavy atom. The minimum Gasteiger partial charge on any atom is -0.444 e. The molecule has 7 nitrogen and oxygen atoms in total. The number of nitrogens with zero attached hydrogens (tertiary/aromatic N) is 3. The molecular formula is C21H30N4O3. The fraction of sp³-hybridized carbons (Fsp3) is 0.524. The Morgan fingerprint density at radius 1 is 1.29 bits per heavy atom. The topological polar surface area (TPSA) is 93.6 Å². The maximum Gasteiger partial charge on any atom is 0.410 e. The summed E-state index contributed by atoms with van der Waals surface area (Å²) in [5.74, 6) is 0.377. The van der Waals surface area contributed by atoms with Crippen molar-refractivity contribution in [2.45, 2.75) is 58.8 Å². The van der Waals surface area contributed by atoms with Crippen LogP contribution in [0.2, 0.25) is 0 Å². The number of carbonyl (C=O) groups excluding carboxylic acids is 1. The van der Waals surface area contributed by atoms with Crippen LogP contribution in [0.15, 0.2) is 24.3 Å². The van der Waals surface area contributed by atoms with Crippen LogP contribution in [0.25, 0.3) is 16.6 Å². The number of aliphatic hydroxyl groups is 1. The van der Waals surface area contributed by atoms with E-state index in [0.29, 0.717) is 25.6 Å². The van der Waals surface area contributed by atoms with Crippen molar-refractivity contribution in [3.8, 4) is 0 Å². The highest BCUT2D eigenvalue weighted by atomic mass is 16.6. The van der Waals surface area contributed by atoms with Gasteiger partial charge in [-0.15, -0.1) is 0 Å². The molecule has 0 bridgehead atoms. The number of fused-ring (bicyclic) bond motifs is 1. The monoisotopic (exact) mass is 386 g/mol. The molecule has 0 atom stereocenters. The molecule has 0 spiro atoms. The number of nitrogens with two attached hydrogens (primary N) is 1. The fourth-order valence-electron chi connectivity index (χ4n) is 3.34. The lowest BCUT2D eigenvalue weighted by atomic mass is 10.0. The molecule has 1 aliphatic heterocycles. The normalized spacial score (nSPS) is 15.6. The second-order valence-electron chi connectivity index (χ2n) is 8.99. The number of hydrogen-bond acceptors (Lipinski definition) is 5. The SMILES string of the molecule is CC(C)(O)Cn1c(N)nc2cc(C3=CCCN(C(=O)OC(C)(C)C)C3)ccc21. The van der Waals surface area contributed by atoms with Gasteiger partial charge in [-0.05, 0) is 64.3 Å². The van der Waals surface area contributed by atoms with Crippen molar-refractivity contribution in [2.75, 3.05) is 18.8 Å². The van der Waals surface area contributed by atoms with Crippen molar-refractivity contribution in [1.82, 2.24) is 14.5 Å². The van der Waals surface area contributed by atoms with Gasteiger partial charge in [-0.25, -0.2) is 9.78 Å². The smallest absolute Gasteiger partial charge is 0.410 e. The highest BCUT2D eigenvalue weighted by Crippen LogP contribution is 2.27. The van der Waals surface area contributed by atoms with E-state index in [1.807, 2.05) is 43.5 Å². The van der Waals surface area contributed by atoms with Gasteiger partial charge in [-0.3, -0.25) is 0 Å². The minimum absolute atomic E-state index is 0.294. The number of nitrogen functional groups attached to an aromatic ring is 1. The van der Waals surface area contributed by atoms with Crippen LogP contribution >= 0.6 is 0 Å². The van der Waals surface area contributed by atoms with E-state index in [1.54, 1.807) is 18.7 Å². The molecule has 152 valence electrons. The fourth-order valence-corrected chi connectivity index (χ4v) is 3.34. The molecule has 7 heteroatoms. The molecule has 1 amide bonds. The second-order valence-corrected chi connectivity index (χ2v) is 8.99. The van der Waals surface area contributed by atoms with Crippen LogP contribution in [-0.4, -0.2) is 49.9 Å². The first-order valence-corrected chi connectivity index (χ1v) is 9.58. The zero-order valence-electron chi connectivity index (χ0n) is 17.3. The molecule has 2 heterocycles. The average Bonchev–Trinajstić information content (AvgIpc) is 2.87. The van der Waals surface area contributed by atoms with Crippen LogP contribution < -0.4 is 5.73 Å². The van der Waals surface area contributed by atoms with Crippen LogP contribution in [0.4, 0.5) is 10.7 Å². The Labute approximate surface area is 165 Å². The Morgan fingerprint density at radius 3 is 2.64 bits per heavy atom. The van der Waals surface area contributed by atoms with E-state index in [4.69, 9.17) is 10.5 Å². The third-order valence-electron chi connectivity index (χ3n) is 4.50. The molecule has 0 saturated heterocycles. The van der Waals surface area contributed by atoms with E-state index in [0.717, 1.165) is 28.6 Å². The maximum atomic E-state index is 12.4. The molecule has 2 aromatic rings. The first kappa shape index (κ1) is 20.2. The van der Waals surface area contributed by atoms with Gasteiger partial charge in [0, 0.05) is 13.1 Å². The lowest BCUT2D eigenvalue weighted by molar-refractivity contribution is 0.0273. The third kappa shape index (κ3) is 4.65. The van der Waals surface area contributed by atoms with Gasteiger partial charge >= 0.3 is 6.09 Å². The highest BCUT2D eigenvalue weighted by Gasteiger charge is 2.25. The number of carbonyl (C=O) groups is 1. The molecule has 0 radical (unpaired) electrons. The van der Waals surface area contributed by atoms with Gasteiger partial charge < -0.3 is 25.0 Å². The number of ether oxygens (including phenoxy) is 1. The summed E-state index contributed by atoms with van der Waals surface area (Å²) in [6.07, 6.45) is 2.64. The summed E-state index contributed by atoms with van der Waals surface area (Å²) in [6.45, 7) is 10.6. The molecule has 0 fully saturated rings. The Balaban J connectivity index is 1.84. The third-order valence-corrected chi connectivity index (χ3v) is 4.50. The van der Waals surface area contributed by atoms with Crippen LogP contribution in [0, 0.1) is 0 Å². The number of benzene rings is 1. The van der Waals surface area contributed by atoms with Crippen molar-refractivity contribution in [2.24, 2.45) is 0 Å². The van der Waals surface area contributed by atoms with E-state index < -0.39 is 11.2 Å². The Bertz CT molecular complexity index is 916. The maximum absolute atomic E-state index is 12.4. The van der Waals surface area contributed by atoms with Crippen LogP contribution in [0.3, 0.4) is 0 Å².